The van der Waals surface area contributed by atoms with Crippen LogP contribution in [0.4, 0.5) is 5.82 Å². The van der Waals surface area contributed by atoms with Crippen LogP contribution in [0, 0.1) is 0 Å². The van der Waals surface area contributed by atoms with E-state index in [1.165, 1.54) is 25.6 Å². The van der Waals surface area contributed by atoms with Gasteiger partial charge in [0, 0.05) is 30.7 Å². The van der Waals surface area contributed by atoms with Crippen molar-refractivity contribution in [1.82, 2.24) is 9.97 Å². The maximum absolute atomic E-state index is 12.5. The third-order valence-electron chi connectivity index (χ3n) is 4.67. The van der Waals surface area contributed by atoms with E-state index in [0.717, 1.165) is 6.42 Å². The van der Waals surface area contributed by atoms with Gasteiger partial charge >= 0.3 is 0 Å². The van der Waals surface area contributed by atoms with Gasteiger partial charge in [-0.1, -0.05) is 6.92 Å². The molecule has 1 N–H and O–H groups in total. The molecule has 0 saturated carbocycles. The van der Waals surface area contributed by atoms with Crippen LogP contribution in [0.25, 0.3) is 10.9 Å². The molecule has 0 bridgehead atoms. The number of ketones is 2. The third kappa shape index (κ3) is 5.18. The van der Waals surface area contributed by atoms with Crippen molar-refractivity contribution >= 4 is 28.3 Å². The normalized spacial score (nSPS) is 14.7. The summed E-state index contributed by atoms with van der Waals surface area (Å²) in [4.78, 5) is 33.4. The Morgan fingerprint density at radius 3 is 2.55 bits per heavy atom. The van der Waals surface area contributed by atoms with Crippen LogP contribution >= 0.6 is 0 Å². The zero-order valence-electron chi connectivity index (χ0n) is 17.9. The summed E-state index contributed by atoms with van der Waals surface area (Å²) in [5.41, 5.74) is 0.679. The van der Waals surface area contributed by atoms with Crippen molar-refractivity contribution < 1.29 is 28.5 Å². The number of rotatable bonds is 10. The number of fused-ring (bicyclic) bond motifs is 1. The minimum absolute atomic E-state index is 0.0389. The highest BCUT2D eigenvalue weighted by molar-refractivity contribution is 6.20. The van der Waals surface area contributed by atoms with E-state index in [4.69, 9.17) is 18.9 Å². The van der Waals surface area contributed by atoms with Crippen LogP contribution in [-0.4, -0.2) is 55.1 Å². The first-order valence-electron chi connectivity index (χ1n) is 9.87. The molecular weight excluding hydrogens is 402 g/mol. The number of nitrogens with zero attached hydrogens (tertiary/aromatic N) is 2. The zero-order valence-corrected chi connectivity index (χ0v) is 17.9. The minimum Gasteiger partial charge on any atom is -0.493 e. The van der Waals surface area contributed by atoms with E-state index < -0.39 is 0 Å². The molecular formula is C22H25N3O6. The summed E-state index contributed by atoms with van der Waals surface area (Å²) < 4.78 is 21.6. The third-order valence-corrected chi connectivity index (χ3v) is 4.67. The Hall–Kier alpha value is -3.46. The number of carbonyl (C=O) groups excluding carboxylic acids is 2. The number of aromatic nitrogens is 2. The predicted molar refractivity (Wildman–Crippen MR) is 114 cm³/mol. The molecule has 1 aliphatic carbocycles. The highest BCUT2D eigenvalue weighted by Crippen LogP contribution is 2.34. The lowest BCUT2D eigenvalue weighted by atomic mass is 10.1. The Morgan fingerprint density at radius 2 is 1.84 bits per heavy atom. The zero-order chi connectivity index (χ0) is 22.4. The molecule has 1 aromatic carbocycles. The molecule has 3 rings (SSSR count). The van der Waals surface area contributed by atoms with E-state index in [2.05, 4.69) is 15.3 Å². The molecule has 31 heavy (non-hydrogen) atoms. The Balaban J connectivity index is 1.87. The topological polar surface area (TPSA) is 109 Å². The number of nitrogens with one attached hydrogen (secondary N) is 1. The summed E-state index contributed by atoms with van der Waals surface area (Å²) in [5.74, 6) is 0.624. The van der Waals surface area contributed by atoms with E-state index in [1.807, 2.05) is 13.8 Å². The van der Waals surface area contributed by atoms with Crippen molar-refractivity contribution in [1.29, 1.82) is 0 Å². The number of methoxy groups -OCH3 is 2. The summed E-state index contributed by atoms with van der Waals surface area (Å²) in [6, 6.07) is 3.43. The quantitative estimate of drug-likeness (QED) is 0.452. The molecule has 9 nitrogen and oxygen atoms in total. The average molecular weight is 427 g/mol. The summed E-state index contributed by atoms with van der Waals surface area (Å²) in [6.07, 6.45) is 4.33. The van der Waals surface area contributed by atoms with E-state index in [9.17, 15) is 9.59 Å². The van der Waals surface area contributed by atoms with Gasteiger partial charge in [0.1, 0.15) is 18.8 Å². The van der Waals surface area contributed by atoms with Crippen molar-refractivity contribution in [2.45, 2.75) is 26.4 Å². The van der Waals surface area contributed by atoms with Gasteiger partial charge in [-0.2, -0.15) is 0 Å². The molecule has 9 heteroatoms. The monoisotopic (exact) mass is 427 g/mol. The number of carbonyl (C=O) groups is 2. The fourth-order valence-corrected chi connectivity index (χ4v) is 2.83. The van der Waals surface area contributed by atoms with Gasteiger partial charge in [-0.15, -0.1) is 0 Å². The van der Waals surface area contributed by atoms with Crippen LogP contribution in [0.5, 0.6) is 11.5 Å². The van der Waals surface area contributed by atoms with Crippen LogP contribution in [-0.2, 0) is 19.1 Å². The highest BCUT2D eigenvalue weighted by Gasteiger charge is 2.24. The fourth-order valence-electron chi connectivity index (χ4n) is 2.83. The molecule has 164 valence electrons. The lowest BCUT2D eigenvalue weighted by Crippen LogP contribution is -2.22. The van der Waals surface area contributed by atoms with Gasteiger partial charge in [0.15, 0.2) is 17.3 Å². The highest BCUT2D eigenvalue weighted by atomic mass is 16.5. The summed E-state index contributed by atoms with van der Waals surface area (Å²) in [6.45, 7) is 4.55. The standard InChI is InChI=1S/C22H25N3O6/c1-5-13(2)31-19-11-17(26)16(9-18(19)27)25-22-14-8-20(29-4)21(30-7-6-28-3)10-15(14)23-12-24-22/h8-13H,5-7H2,1-4H3,(H,23,24,25). The van der Waals surface area contributed by atoms with Gasteiger partial charge in [0.25, 0.3) is 0 Å². The predicted octanol–water partition coefficient (Wildman–Crippen LogP) is 2.81. The lowest BCUT2D eigenvalue weighted by Gasteiger charge is -2.18. The molecule has 1 aliphatic rings. The lowest BCUT2D eigenvalue weighted by molar-refractivity contribution is -0.118. The van der Waals surface area contributed by atoms with Crippen molar-refractivity contribution in [2.24, 2.45) is 0 Å². The van der Waals surface area contributed by atoms with Crippen LogP contribution in [0.2, 0.25) is 0 Å². The average Bonchev–Trinajstić information content (AvgIpc) is 2.76. The SMILES string of the molecule is CCC(C)OC1=CC(=O)C(Nc2ncnc3cc(OCCOC)c(OC)cc23)=CC1=O. The molecule has 0 fully saturated rings. The first-order valence-corrected chi connectivity index (χ1v) is 9.87. The minimum atomic E-state index is -0.382. The summed E-state index contributed by atoms with van der Waals surface area (Å²) in [5, 5.41) is 3.54. The van der Waals surface area contributed by atoms with E-state index in [1.54, 1.807) is 19.2 Å². The van der Waals surface area contributed by atoms with Crippen LogP contribution in [0.1, 0.15) is 20.3 Å². The van der Waals surface area contributed by atoms with E-state index >= 15 is 0 Å². The Kier molecular flexibility index (Phi) is 7.19. The number of allylic oxidation sites excluding steroid dienone is 2. The van der Waals surface area contributed by atoms with Gasteiger partial charge in [0.05, 0.1) is 31.0 Å². The summed E-state index contributed by atoms with van der Waals surface area (Å²) >= 11 is 0. The number of benzene rings is 1. The van der Waals surface area contributed by atoms with Crippen LogP contribution < -0.4 is 14.8 Å². The van der Waals surface area contributed by atoms with Crippen molar-refractivity contribution in [3.63, 3.8) is 0 Å². The second kappa shape index (κ2) is 10.0. The fraction of sp³-hybridized carbons (Fsp3) is 0.364. The molecule has 2 aromatic rings. The molecule has 0 amide bonds. The van der Waals surface area contributed by atoms with Crippen LogP contribution in [0.15, 0.2) is 42.1 Å². The number of anilines is 1. The Labute approximate surface area is 180 Å². The largest absolute Gasteiger partial charge is 0.493 e. The second-order valence-corrected chi connectivity index (χ2v) is 6.84. The second-order valence-electron chi connectivity index (χ2n) is 6.84. The number of ether oxygens (including phenoxy) is 4. The molecule has 0 radical (unpaired) electrons. The van der Waals surface area contributed by atoms with Crippen molar-refractivity contribution in [3.05, 3.63) is 42.1 Å². The maximum atomic E-state index is 12.5. The molecule has 1 unspecified atom stereocenters. The first-order chi connectivity index (χ1) is 15.0. The maximum Gasteiger partial charge on any atom is 0.222 e. The Bertz CT molecular complexity index is 1050. The molecule has 0 aliphatic heterocycles. The van der Waals surface area contributed by atoms with Gasteiger partial charge < -0.3 is 24.3 Å². The Morgan fingerprint density at radius 1 is 1.03 bits per heavy atom. The smallest absolute Gasteiger partial charge is 0.222 e. The molecule has 1 heterocycles. The van der Waals surface area contributed by atoms with Crippen molar-refractivity contribution in [3.8, 4) is 11.5 Å². The van der Waals surface area contributed by atoms with Crippen LogP contribution in [0.3, 0.4) is 0 Å². The molecule has 1 atom stereocenters. The van der Waals surface area contributed by atoms with Gasteiger partial charge in [-0.25, -0.2) is 9.97 Å². The molecule has 1 aromatic heterocycles. The van der Waals surface area contributed by atoms with E-state index in [0.29, 0.717) is 41.4 Å². The van der Waals surface area contributed by atoms with Crippen molar-refractivity contribution in [2.75, 3.05) is 32.8 Å². The summed E-state index contributed by atoms with van der Waals surface area (Å²) in [7, 11) is 3.11. The number of hydrogen-bond acceptors (Lipinski definition) is 9. The number of hydrogen-bond donors (Lipinski definition) is 1. The molecule has 0 saturated heterocycles. The molecule has 0 spiro atoms. The van der Waals surface area contributed by atoms with E-state index in [-0.39, 0.29) is 29.1 Å². The van der Waals surface area contributed by atoms with Gasteiger partial charge in [0.2, 0.25) is 11.6 Å². The van der Waals surface area contributed by atoms with Gasteiger partial charge in [-0.3, -0.25) is 9.59 Å². The first kappa shape index (κ1) is 22.2. The van der Waals surface area contributed by atoms with Gasteiger partial charge in [-0.05, 0) is 19.4 Å².